The minimum atomic E-state index is -0.519. The fraction of sp³-hybridized carbons (Fsp3) is 0.500. The lowest BCUT2D eigenvalue weighted by atomic mass is 10.2. The molecular formula is C12H15BrClNO4. The highest BCUT2D eigenvalue weighted by atomic mass is 79.9. The molecule has 0 saturated carbocycles. The summed E-state index contributed by atoms with van der Waals surface area (Å²) < 4.78 is 10.9. The first kappa shape index (κ1) is 16.0. The van der Waals surface area contributed by atoms with E-state index < -0.39 is 4.92 Å². The zero-order valence-electron chi connectivity index (χ0n) is 10.7. The van der Waals surface area contributed by atoms with Crippen molar-refractivity contribution < 1.29 is 14.4 Å². The van der Waals surface area contributed by atoms with E-state index in [-0.39, 0.29) is 22.6 Å². The molecule has 0 aliphatic heterocycles. The first-order valence-electron chi connectivity index (χ1n) is 5.79. The molecule has 0 N–H and O–H groups in total. The molecule has 0 spiro atoms. The monoisotopic (exact) mass is 351 g/mol. The number of rotatable bonds is 7. The second-order valence-electron chi connectivity index (χ2n) is 4.07. The van der Waals surface area contributed by atoms with Crippen molar-refractivity contribution in [1.82, 2.24) is 0 Å². The number of halogens is 2. The molecule has 1 aromatic rings. The molecule has 1 aromatic carbocycles. The lowest BCUT2D eigenvalue weighted by Crippen LogP contribution is -2.07. The van der Waals surface area contributed by atoms with Crippen LogP contribution in [0.1, 0.15) is 20.3 Å². The first-order chi connectivity index (χ1) is 8.95. The van der Waals surface area contributed by atoms with E-state index in [4.69, 9.17) is 21.1 Å². The van der Waals surface area contributed by atoms with E-state index >= 15 is 0 Å². The Hall–Kier alpha value is -1.01. The minimum absolute atomic E-state index is 0.0747. The Balaban J connectivity index is 3.04. The number of nitrogens with zero attached hydrogens (tertiary/aromatic N) is 1. The van der Waals surface area contributed by atoms with E-state index in [9.17, 15) is 10.1 Å². The van der Waals surface area contributed by atoms with Crippen LogP contribution in [0.15, 0.2) is 12.1 Å². The summed E-state index contributed by atoms with van der Waals surface area (Å²) in [5.74, 6) is 0.558. The van der Waals surface area contributed by atoms with E-state index in [1.165, 1.54) is 12.1 Å². The molecule has 0 amide bonds. The Morgan fingerprint density at radius 3 is 2.63 bits per heavy atom. The molecule has 106 valence electrons. The lowest BCUT2D eigenvalue weighted by Gasteiger charge is -2.13. The Labute approximate surface area is 125 Å². The standard InChI is InChI=1S/C12H15BrClNO4/c1-8(2)19-11-7-12(18-5-3-4-13)10(15(16)17)6-9(11)14/h6-8H,3-5H2,1-2H3. The Morgan fingerprint density at radius 2 is 2.11 bits per heavy atom. The largest absolute Gasteiger partial charge is 0.489 e. The van der Waals surface area contributed by atoms with Gasteiger partial charge in [-0.05, 0) is 20.3 Å². The maximum Gasteiger partial charge on any atom is 0.312 e. The van der Waals surface area contributed by atoms with Gasteiger partial charge in [0, 0.05) is 17.5 Å². The van der Waals surface area contributed by atoms with Crippen LogP contribution in [-0.2, 0) is 0 Å². The normalized spacial score (nSPS) is 10.6. The van der Waals surface area contributed by atoms with Crippen LogP contribution in [0.25, 0.3) is 0 Å². The summed E-state index contributed by atoms with van der Waals surface area (Å²) in [5.41, 5.74) is -0.157. The van der Waals surface area contributed by atoms with Crippen molar-refractivity contribution in [3.63, 3.8) is 0 Å². The predicted molar refractivity (Wildman–Crippen MR) is 77.8 cm³/mol. The fourth-order valence-electron chi connectivity index (χ4n) is 1.36. The summed E-state index contributed by atoms with van der Waals surface area (Å²) in [4.78, 5) is 10.4. The van der Waals surface area contributed by atoms with Gasteiger partial charge >= 0.3 is 5.69 Å². The summed E-state index contributed by atoms with van der Waals surface area (Å²) in [6, 6.07) is 2.72. The number of alkyl halides is 1. The fourth-order valence-corrected chi connectivity index (χ4v) is 1.79. The van der Waals surface area contributed by atoms with Gasteiger partial charge in [0.15, 0.2) is 0 Å². The van der Waals surface area contributed by atoms with Crippen LogP contribution in [-0.4, -0.2) is 23.0 Å². The van der Waals surface area contributed by atoms with Crippen LogP contribution in [0, 0.1) is 10.1 Å². The second-order valence-corrected chi connectivity index (χ2v) is 5.27. The summed E-state index contributed by atoms with van der Waals surface area (Å²) in [6.07, 6.45) is 0.675. The van der Waals surface area contributed by atoms with E-state index in [0.29, 0.717) is 12.4 Å². The van der Waals surface area contributed by atoms with Gasteiger partial charge in [0.2, 0.25) is 5.75 Å². The molecule has 0 aliphatic carbocycles. The molecule has 5 nitrogen and oxygen atoms in total. The van der Waals surface area contributed by atoms with E-state index in [2.05, 4.69) is 15.9 Å². The zero-order chi connectivity index (χ0) is 14.4. The van der Waals surface area contributed by atoms with Crippen molar-refractivity contribution in [2.24, 2.45) is 0 Å². The third-order valence-corrected chi connectivity index (χ3v) is 2.96. The van der Waals surface area contributed by atoms with Gasteiger partial charge in [-0.1, -0.05) is 27.5 Å². The summed E-state index contributed by atoms with van der Waals surface area (Å²) in [7, 11) is 0. The number of ether oxygens (including phenoxy) is 2. The summed E-state index contributed by atoms with van der Waals surface area (Å²) >= 11 is 9.23. The highest BCUT2D eigenvalue weighted by molar-refractivity contribution is 9.09. The highest BCUT2D eigenvalue weighted by Gasteiger charge is 2.20. The molecule has 0 aliphatic rings. The number of benzene rings is 1. The maximum absolute atomic E-state index is 11.0. The molecule has 0 bridgehead atoms. The Bertz CT molecular complexity index is 454. The number of hydrogen-bond acceptors (Lipinski definition) is 4. The molecule has 0 saturated heterocycles. The molecule has 19 heavy (non-hydrogen) atoms. The molecule has 0 atom stereocenters. The second kappa shape index (κ2) is 7.55. The van der Waals surface area contributed by atoms with Gasteiger partial charge in [-0.2, -0.15) is 0 Å². The van der Waals surface area contributed by atoms with Crippen molar-refractivity contribution in [2.45, 2.75) is 26.4 Å². The molecule has 0 fully saturated rings. The number of hydrogen-bond donors (Lipinski definition) is 0. The third-order valence-electron chi connectivity index (χ3n) is 2.11. The van der Waals surface area contributed by atoms with Gasteiger partial charge in [0.1, 0.15) is 5.75 Å². The molecular weight excluding hydrogens is 337 g/mol. The number of nitro groups is 1. The van der Waals surface area contributed by atoms with Gasteiger partial charge in [0.05, 0.1) is 22.7 Å². The van der Waals surface area contributed by atoms with Crippen molar-refractivity contribution >= 4 is 33.2 Å². The van der Waals surface area contributed by atoms with Crippen LogP contribution in [0.3, 0.4) is 0 Å². The van der Waals surface area contributed by atoms with Gasteiger partial charge in [-0.3, -0.25) is 10.1 Å². The average molecular weight is 353 g/mol. The highest BCUT2D eigenvalue weighted by Crippen LogP contribution is 2.37. The number of nitro benzene ring substituents is 1. The SMILES string of the molecule is CC(C)Oc1cc(OCCCBr)c([N+](=O)[O-])cc1Cl. The quantitative estimate of drug-likeness (QED) is 0.319. The van der Waals surface area contributed by atoms with Crippen LogP contribution in [0.4, 0.5) is 5.69 Å². The first-order valence-corrected chi connectivity index (χ1v) is 7.29. The van der Waals surface area contributed by atoms with Gasteiger partial charge in [0.25, 0.3) is 0 Å². The minimum Gasteiger partial charge on any atom is -0.489 e. The molecule has 0 unspecified atom stereocenters. The molecule has 7 heteroatoms. The van der Waals surface area contributed by atoms with Crippen LogP contribution in [0.5, 0.6) is 11.5 Å². The third kappa shape index (κ3) is 4.87. The van der Waals surface area contributed by atoms with Gasteiger partial charge < -0.3 is 9.47 Å². The van der Waals surface area contributed by atoms with Crippen molar-refractivity contribution in [2.75, 3.05) is 11.9 Å². The van der Waals surface area contributed by atoms with Crippen LogP contribution >= 0.6 is 27.5 Å². The molecule has 0 aromatic heterocycles. The maximum atomic E-state index is 11.0. The smallest absolute Gasteiger partial charge is 0.312 e. The summed E-state index contributed by atoms with van der Waals surface area (Å²) in [5, 5.41) is 11.9. The molecule has 0 radical (unpaired) electrons. The van der Waals surface area contributed by atoms with Gasteiger partial charge in [-0.25, -0.2) is 0 Å². The topological polar surface area (TPSA) is 61.6 Å². The van der Waals surface area contributed by atoms with Crippen molar-refractivity contribution in [3.05, 3.63) is 27.3 Å². The Morgan fingerprint density at radius 1 is 1.42 bits per heavy atom. The van der Waals surface area contributed by atoms with E-state index in [1.54, 1.807) is 0 Å². The van der Waals surface area contributed by atoms with Crippen LogP contribution in [0.2, 0.25) is 5.02 Å². The van der Waals surface area contributed by atoms with Crippen LogP contribution < -0.4 is 9.47 Å². The van der Waals surface area contributed by atoms with Crippen molar-refractivity contribution in [3.8, 4) is 11.5 Å². The van der Waals surface area contributed by atoms with Gasteiger partial charge in [-0.15, -0.1) is 0 Å². The van der Waals surface area contributed by atoms with E-state index in [0.717, 1.165) is 11.8 Å². The van der Waals surface area contributed by atoms with Crippen molar-refractivity contribution in [1.29, 1.82) is 0 Å². The zero-order valence-corrected chi connectivity index (χ0v) is 13.0. The predicted octanol–water partition coefficient (Wildman–Crippen LogP) is 4.20. The van der Waals surface area contributed by atoms with E-state index in [1.807, 2.05) is 13.8 Å². The Kier molecular flexibility index (Phi) is 6.37. The molecule has 0 heterocycles. The average Bonchev–Trinajstić information content (AvgIpc) is 2.32. The summed E-state index contributed by atoms with van der Waals surface area (Å²) in [6.45, 7) is 4.08. The lowest BCUT2D eigenvalue weighted by molar-refractivity contribution is -0.385. The molecule has 1 rings (SSSR count).